The Bertz CT molecular complexity index is 1220. The van der Waals surface area contributed by atoms with Gasteiger partial charge in [-0.1, -0.05) is 30.3 Å². The number of hydrogen-bond acceptors (Lipinski definition) is 6. The smallest absolute Gasteiger partial charge is 0.238 e. The Kier molecular flexibility index (Phi) is 5.40. The van der Waals surface area contributed by atoms with Crippen molar-refractivity contribution in [1.82, 2.24) is 4.98 Å². The van der Waals surface area contributed by atoms with Crippen LogP contribution in [0.4, 0.5) is 11.5 Å². The lowest BCUT2D eigenvalue weighted by Crippen LogP contribution is -2.30. The highest BCUT2D eigenvalue weighted by molar-refractivity contribution is 7.89. The van der Waals surface area contributed by atoms with Crippen LogP contribution < -0.4 is 15.4 Å². The first-order valence-electron chi connectivity index (χ1n) is 9.51. The molecule has 0 unspecified atom stereocenters. The Labute approximate surface area is 175 Å². The normalized spacial score (nSPS) is 13.4. The number of nitriles is 1. The molecule has 2 heterocycles. The molecular formula is C22H21N5O2S. The number of pyridine rings is 1. The molecule has 3 N–H and O–H groups in total. The number of nitrogens with zero attached hydrogens (tertiary/aromatic N) is 3. The molecule has 0 radical (unpaired) electrons. The summed E-state index contributed by atoms with van der Waals surface area (Å²) in [6, 6.07) is 18.7. The van der Waals surface area contributed by atoms with Crippen LogP contribution in [0.5, 0.6) is 0 Å². The van der Waals surface area contributed by atoms with Gasteiger partial charge in [0.15, 0.2) is 0 Å². The van der Waals surface area contributed by atoms with E-state index in [2.05, 4.69) is 39.5 Å². The summed E-state index contributed by atoms with van der Waals surface area (Å²) in [7, 11) is -3.85. The van der Waals surface area contributed by atoms with Gasteiger partial charge in [0, 0.05) is 25.8 Å². The Morgan fingerprint density at radius 1 is 1.13 bits per heavy atom. The largest absolute Gasteiger partial charge is 0.380 e. The Hall–Kier alpha value is -3.41. The minimum absolute atomic E-state index is 0.0845. The van der Waals surface area contributed by atoms with E-state index in [4.69, 9.17) is 5.14 Å². The second-order valence-electron chi connectivity index (χ2n) is 7.18. The maximum absolute atomic E-state index is 11.5. The summed E-state index contributed by atoms with van der Waals surface area (Å²) < 4.78 is 22.9. The minimum Gasteiger partial charge on any atom is -0.380 e. The van der Waals surface area contributed by atoms with Crippen molar-refractivity contribution in [3.05, 3.63) is 83.0 Å². The van der Waals surface area contributed by atoms with Gasteiger partial charge >= 0.3 is 0 Å². The molecule has 1 aliphatic rings. The molecule has 8 heteroatoms. The van der Waals surface area contributed by atoms with Crippen molar-refractivity contribution in [1.29, 1.82) is 5.26 Å². The van der Waals surface area contributed by atoms with E-state index in [1.54, 1.807) is 6.07 Å². The predicted octanol–water partition coefficient (Wildman–Crippen LogP) is 2.78. The number of sulfonamides is 1. The van der Waals surface area contributed by atoms with E-state index in [9.17, 15) is 13.7 Å². The van der Waals surface area contributed by atoms with Gasteiger partial charge < -0.3 is 10.2 Å². The molecule has 7 nitrogen and oxygen atoms in total. The highest BCUT2D eigenvalue weighted by Gasteiger charge is 2.17. The van der Waals surface area contributed by atoms with E-state index in [0.717, 1.165) is 30.9 Å². The zero-order chi connectivity index (χ0) is 21.1. The van der Waals surface area contributed by atoms with Crippen LogP contribution in [-0.2, 0) is 29.5 Å². The lowest BCUT2D eigenvalue weighted by molar-refractivity contribution is 0.598. The van der Waals surface area contributed by atoms with Crippen molar-refractivity contribution in [3.63, 3.8) is 0 Å². The molecule has 152 valence electrons. The van der Waals surface area contributed by atoms with Crippen molar-refractivity contribution in [2.75, 3.05) is 16.8 Å². The first kappa shape index (κ1) is 19.9. The van der Waals surface area contributed by atoms with E-state index in [0.29, 0.717) is 12.2 Å². The van der Waals surface area contributed by atoms with Gasteiger partial charge in [0.25, 0.3) is 0 Å². The van der Waals surface area contributed by atoms with Gasteiger partial charge in [-0.2, -0.15) is 5.26 Å². The molecular weight excluding hydrogens is 398 g/mol. The molecule has 0 saturated heterocycles. The molecule has 0 fully saturated rings. The van der Waals surface area contributed by atoms with Gasteiger partial charge in [-0.25, -0.2) is 18.5 Å². The minimum atomic E-state index is -3.85. The standard InChI is InChI=1S/C22H21N5O2S/c23-12-19-11-20(30(24,28)29)6-7-21(19)25-13-16-5-8-22(26-14-16)27-10-9-17-3-1-2-4-18(17)15-27/h1-8,11,14,25H,9-10,13,15H2,(H2,24,28,29). The van der Waals surface area contributed by atoms with Crippen LogP contribution in [0.15, 0.2) is 65.7 Å². The molecule has 1 aromatic heterocycles. The molecule has 0 bridgehead atoms. The lowest BCUT2D eigenvalue weighted by atomic mass is 10.00. The third-order valence-corrected chi connectivity index (χ3v) is 6.10. The number of rotatable bonds is 5. The van der Waals surface area contributed by atoms with E-state index in [1.807, 2.05) is 24.4 Å². The summed E-state index contributed by atoms with van der Waals surface area (Å²) in [5.41, 5.74) is 4.45. The van der Waals surface area contributed by atoms with Gasteiger partial charge in [0.1, 0.15) is 11.9 Å². The summed E-state index contributed by atoms with van der Waals surface area (Å²) in [6.45, 7) is 2.24. The van der Waals surface area contributed by atoms with Crippen LogP contribution in [0.3, 0.4) is 0 Å². The average Bonchev–Trinajstić information content (AvgIpc) is 2.77. The monoisotopic (exact) mass is 419 g/mol. The van der Waals surface area contributed by atoms with E-state index in [1.165, 1.54) is 23.3 Å². The summed E-state index contributed by atoms with van der Waals surface area (Å²) >= 11 is 0. The number of benzene rings is 2. The lowest BCUT2D eigenvalue weighted by Gasteiger charge is -2.29. The van der Waals surface area contributed by atoms with Gasteiger partial charge in [0.05, 0.1) is 16.1 Å². The zero-order valence-corrected chi connectivity index (χ0v) is 17.1. The molecule has 1 aliphatic heterocycles. The number of hydrogen-bond donors (Lipinski definition) is 2. The van der Waals surface area contributed by atoms with Crippen LogP contribution in [-0.4, -0.2) is 19.9 Å². The molecule has 0 saturated carbocycles. The predicted molar refractivity (Wildman–Crippen MR) is 115 cm³/mol. The third-order valence-electron chi connectivity index (χ3n) is 5.19. The second-order valence-corrected chi connectivity index (χ2v) is 8.74. The number of nitrogens with one attached hydrogen (secondary N) is 1. The summed E-state index contributed by atoms with van der Waals surface area (Å²) in [5.74, 6) is 0.934. The maximum atomic E-state index is 11.5. The van der Waals surface area contributed by atoms with Crippen LogP contribution in [0.2, 0.25) is 0 Å². The van der Waals surface area contributed by atoms with Crippen LogP contribution in [0.1, 0.15) is 22.3 Å². The first-order chi connectivity index (χ1) is 14.4. The van der Waals surface area contributed by atoms with Gasteiger partial charge in [-0.3, -0.25) is 0 Å². The summed E-state index contributed by atoms with van der Waals surface area (Å²) in [4.78, 5) is 6.78. The fourth-order valence-corrected chi connectivity index (χ4v) is 4.08. The highest BCUT2D eigenvalue weighted by atomic mass is 32.2. The average molecular weight is 420 g/mol. The topological polar surface area (TPSA) is 112 Å². The van der Waals surface area contributed by atoms with Gasteiger partial charge in [0.2, 0.25) is 10.0 Å². The molecule has 2 aromatic carbocycles. The SMILES string of the molecule is N#Cc1cc(S(N)(=O)=O)ccc1NCc1ccc(N2CCc3ccccc3C2)nc1. The highest BCUT2D eigenvalue weighted by Crippen LogP contribution is 2.24. The molecule has 3 aromatic rings. The zero-order valence-electron chi connectivity index (χ0n) is 16.2. The van der Waals surface area contributed by atoms with Crippen molar-refractivity contribution in [2.24, 2.45) is 5.14 Å². The van der Waals surface area contributed by atoms with E-state index in [-0.39, 0.29) is 10.5 Å². The summed E-state index contributed by atoms with van der Waals surface area (Å²) in [6.07, 6.45) is 2.82. The quantitative estimate of drug-likeness (QED) is 0.658. The van der Waals surface area contributed by atoms with E-state index < -0.39 is 10.0 Å². The molecule has 0 aliphatic carbocycles. The molecule has 0 atom stereocenters. The van der Waals surface area contributed by atoms with E-state index >= 15 is 0 Å². The first-order valence-corrected chi connectivity index (χ1v) is 11.1. The Balaban J connectivity index is 1.43. The van der Waals surface area contributed by atoms with Crippen LogP contribution in [0, 0.1) is 11.3 Å². The second kappa shape index (κ2) is 8.14. The molecule has 30 heavy (non-hydrogen) atoms. The van der Waals surface area contributed by atoms with Crippen LogP contribution >= 0.6 is 0 Å². The maximum Gasteiger partial charge on any atom is 0.238 e. The van der Waals surface area contributed by atoms with Crippen molar-refractivity contribution in [3.8, 4) is 6.07 Å². The third kappa shape index (κ3) is 4.27. The van der Waals surface area contributed by atoms with Crippen molar-refractivity contribution < 1.29 is 8.42 Å². The number of nitrogens with two attached hydrogens (primary N) is 1. The number of anilines is 2. The van der Waals surface area contributed by atoms with Gasteiger partial charge in [-0.15, -0.1) is 0 Å². The van der Waals surface area contributed by atoms with Gasteiger partial charge in [-0.05, 0) is 47.4 Å². The number of aromatic nitrogens is 1. The van der Waals surface area contributed by atoms with Crippen LogP contribution in [0.25, 0.3) is 0 Å². The molecule has 0 amide bonds. The fraction of sp³-hybridized carbons (Fsp3) is 0.182. The summed E-state index contributed by atoms with van der Waals surface area (Å²) in [5, 5.41) is 17.6. The Morgan fingerprint density at radius 3 is 2.63 bits per heavy atom. The number of primary sulfonamides is 1. The fourth-order valence-electron chi connectivity index (χ4n) is 3.54. The van der Waals surface area contributed by atoms with Crippen molar-refractivity contribution in [2.45, 2.75) is 24.4 Å². The van der Waals surface area contributed by atoms with Crippen molar-refractivity contribution >= 4 is 21.5 Å². The number of fused-ring (bicyclic) bond motifs is 1. The molecule has 0 spiro atoms. The Morgan fingerprint density at radius 2 is 1.93 bits per heavy atom. The molecule has 4 rings (SSSR count).